The number of hydrogen-bond acceptors (Lipinski definition) is 4. The van der Waals surface area contributed by atoms with Crippen LogP contribution in [0.4, 0.5) is 0 Å². The van der Waals surface area contributed by atoms with E-state index in [1.165, 1.54) is 25.2 Å². The second kappa shape index (κ2) is 9.12. The Morgan fingerprint density at radius 2 is 2.09 bits per heavy atom. The van der Waals surface area contributed by atoms with Gasteiger partial charge in [0.1, 0.15) is 0 Å². The zero-order chi connectivity index (χ0) is 15.8. The van der Waals surface area contributed by atoms with E-state index in [1.807, 2.05) is 7.05 Å². The number of piperazine rings is 1. The van der Waals surface area contributed by atoms with Crippen molar-refractivity contribution in [3.05, 3.63) is 22.4 Å². The molecule has 0 spiro atoms. The van der Waals surface area contributed by atoms with Crippen LogP contribution in [0.15, 0.2) is 21.8 Å². The van der Waals surface area contributed by atoms with E-state index in [1.54, 1.807) is 11.3 Å². The molecule has 2 heterocycles. The van der Waals surface area contributed by atoms with Crippen molar-refractivity contribution in [2.75, 3.05) is 46.3 Å². The second-order valence-corrected chi connectivity index (χ2v) is 6.54. The summed E-state index contributed by atoms with van der Waals surface area (Å²) in [6, 6.07) is 2.67. The van der Waals surface area contributed by atoms with E-state index in [0.29, 0.717) is 6.04 Å². The van der Waals surface area contributed by atoms with Crippen LogP contribution in [0.1, 0.15) is 19.4 Å². The van der Waals surface area contributed by atoms with E-state index in [2.05, 4.69) is 56.1 Å². The standard InChI is InChI=1S/C16H29N5S/c1-4-20-6-8-21(9-7-20)14(2)11-18-16(17-3)19-12-15-5-10-22-13-15/h5,10,13-14H,4,6-9,11-12H2,1-3H3,(H2,17,18,19). The predicted molar refractivity (Wildman–Crippen MR) is 95.7 cm³/mol. The molecule has 0 saturated carbocycles. The molecule has 1 aromatic rings. The Labute approximate surface area is 138 Å². The third-order valence-electron chi connectivity index (χ3n) is 4.31. The van der Waals surface area contributed by atoms with Gasteiger partial charge in [-0.05, 0) is 35.9 Å². The summed E-state index contributed by atoms with van der Waals surface area (Å²) in [5, 5.41) is 11.1. The highest BCUT2D eigenvalue weighted by Crippen LogP contribution is 2.06. The van der Waals surface area contributed by atoms with Crippen molar-refractivity contribution in [1.82, 2.24) is 20.4 Å². The van der Waals surface area contributed by atoms with Gasteiger partial charge in [0.15, 0.2) is 5.96 Å². The molecule has 6 heteroatoms. The number of thiophene rings is 1. The quantitative estimate of drug-likeness (QED) is 0.614. The van der Waals surface area contributed by atoms with Crippen molar-refractivity contribution in [1.29, 1.82) is 0 Å². The van der Waals surface area contributed by atoms with Crippen molar-refractivity contribution in [3.8, 4) is 0 Å². The molecule has 0 bridgehead atoms. The lowest BCUT2D eigenvalue weighted by Gasteiger charge is -2.37. The van der Waals surface area contributed by atoms with Gasteiger partial charge in [-0.3, -0.25) is 9.89 Å². The molecule has 0 amide bonds. The van der Waals surface area contributed by atoms with Crippen molar-refractivity contribution < 1.29 is 0 Å². The molecule has 22 heavy (non-hydrogen) atoms. The Bertz CT molecular complexity index is 437. The van der Waals surface area contributed by atoms with Gasteiger partial charge in [-0.2, -0.15) is 11.3 Å². The minimum Gasteiger partial charge on any atom is -0.355 e. The maximum Gasteiger partial charge on any atom is 0.191 e. The molecule has 0 aromatic carbocycles. The van der Waals surface area contributed by atoms with Gasteiger partial charge in [0.05, 0.1) is 0 Å². The Morgan fingerprint density at radius 3 is 2.68 bits per heavy atom. The SMILES string of the molecule is CCN1CCN(C(C)CNC(=NC)NCc2ccsc2)CC1. The molecule has 1 atom stereocenters. The van der Waals surface area contributed by atoms with Gasteiger partial charge >= 0.3 is 0 Å². The first kappa shape index (κ1) is 17.2. The molecule has 0 aliphatic carbocycles. The summed E-state index contributed by atoms with van der Waals surface area (Å²) in [5.41, 5.74) is 1.30. The molecular weight excluding hydrogens is 294 g/mol. The van der Waals surface area contributed by atoms with E-state index in [9.17, 15) is 0 Å². The largest absolute Gasteiger partial charge is 0.355 e. The molecule has 1 aliphatic rings. The number of aliphatic imine (C=N–C) groups is 1. The highest BCUT2D eigenvalue weighted by Gasteiger charge is 2.20. The summed E-state index contributed by atoms with van der Waals surface area (Å²) in [4.78, 5) is 9.37. The molecule has 2 rings (SSSR count). The lowest BCUT2D eigenvalue weighted by atomic mass is 10.2. The summed E-state index contributed by atoms with van der Waals surface area (Å²) < 4.78 is 0. The van der Waals surface area contributed by atoms with Crippen LogP contribution in [0.5, 0.6) is 0 Å². The van der Waals surface area contributed by atoms with Crippen LogP contribution < -0.4 is 10.6 Å². The molecule has 1 aliphatic heterocycles. The summed E-state index contributed by atoms with van der Waals surface area (Å²) >= 11 is 1.73. The average Bonchev–Trinajstić information content (AvgIpc) is 3.08. The van der Waals surface area contributed by atoms with Crippen LogP contribution in [0.2, 0.25) is 0 Å². The van der Waals surface area contributed by atoms with Crippen molar-refractivity contribution in [3.63, 3.8) is 0 Å². The second-order valence-electron chi connectivity index (χ2n) is 5.76. The zero-order valence-corrected chi connectivity index (χ0v) is 14.8. The van der Waals surface area contributed by atoms with E-state index >= 15 is 0 Å². The van der Waals surface area contributed by atoms with Crippen molar-refractivity contribution in [2.45, 2.75) is 26.4 Å². The molecule has 5 nitrogen and oxygen atoms in total. The number of nitrogens with zero attached hydrogens (tertiary/aromatic N) is 3. The highest BCUT2D eigenvalue weighted by molar-refractivity contribution is 7.07. The maximum absolute atomic E-state index is 4.30. The first-order chi connectivity index (χ1) is 10.7. The third-order valence-corrected chi connectivity index (χ3v) is 5.04. The number of likely N-dealkylation sites (N-methyl/N-ethyl adjacent to an activating group) is 1. The summed E-state index contributed by atoms with van der Waals surface area (Å²) in [7, 11) is 1.83. The molecule has 2 N–H and O–H groups in total. The van der Waals surface area contributed by atoms with Gasteiger partial charge in [-0.1, -0.05) is 6.92 Å². The Morgan fingerprint density at radius 1 is 1.32 bits per heavy atom. The van der Waals surface area contributed by atoms with Crippen LogP contribution in [-0.4, -0.2) is 68.1 Å². The lowest BCUT2D eigenvalue weighted by Crippen LogP contribution is -2.53. The minimum absolute atomic E-state index is 0.527. The molecule has 0 radical (unpaired) electrons. The fourth-order valence-corrected chi connectivity index (χ4v) is 3.36. The first-order valence-electron chi connectivity index (χ1n) is 8.15. The van der Waals surface area contributed by atoms with Crippen LogP contribution in [0.3, 0.4) is 0 Å². The molecule has 1 aromatic heterocycles. The minimum atomic E-state index is 0.527. The number of nitrogens with one attached hydrogen (secondary N) is 2. The fourth-order valence-electron chi connectivity index (χ4n) is 2.69. The van der Waals surface area contributed by atoms with Crippen molar-refractivity contribution >= 4 is 17.3 Å². The molecular formula is C16H29N5S. The highest BCUT2D eigenvalue weighted by atomic mass is 32.1. The zero-order valence-electron chi connectivity index (χ0n) is 14.0. The molecule has 1 unspecified atom stereocenters. The van der Waals surface area contributed by atoms with Gasteiger partial charge < -0.3 is 15.5 Å². The van der Waals surface area contributed by atoms with E-state index in [-0.39, 0.29) is 0 Å². The smallest absolute Gasteiger partial charge is 0.191 e. The number of guanidine groups is 1. The molecule has 124 valence electrons. The van der Waals surface area contributed by atoms with Gasteiger partial charge in [0.2, 0.25) is 0 Å². The van der Waals surface area contributed by atoms with Crippen molar-refractivity contribution in [2.24, 2.45) is 4.99 Å². The summed E-state index contributed by atoms with van der Waals surface area (Å²) in [5.74, 6) is 0.880. The summed E-state index contributed by atoms with van der Waals surface area (Å²) in [6.07, 6.45) is 0. The summed E-state index contributed by atoms with van der Waals surface area (Å²) in [6.45, 7) is 12.2. The average molecular weight is 324 g/mol. The van der Waals surface area contributed by atoms with E-state index in [4.69, 9.17) is 0 Å². The van der Waals surface area contributed by atoms with Gasteiger partial charge in [0, 0.05) is 52.4 Å². The fraction of sp³-hybridized carbons (Fsp3) is 0.688. The Kier molecular flexibility index (Phi) is 7.15. The molecule has 1 saturated heterocycles. The molecule has 1 fully saturated rings. The van der Waals surface area contributed by atoms with E-state index in [0.717, 1.165) is 32.1 Å². The third kappa shape index (κ3) is 5.26. The van der Waals surface area contributed by atoms with Crippen LogP contribution >= 0.6 is 11.3 Å². The van der Waals surface area contributed by atoms with Crippen LogP contribution in [0.25, 0.3) is 0 Å². The Balaban J connectivity index is 1.69. The monoisotopic (exact) mass is 323 g/mol. The predicted octanol–water partition coefficient (Wildman–Crippen LogP) is 1.44. The van der Waals surface area contributed by atoms with Gasteiger partial charge in [0.25, 0.3) is 0 Å². The maximum atomic E-state index is 4.30. The number of hydrogen-bond donors (Lipinski definition) is 2. The number of rotatable bonds is 6. The first-order valence-corrected chi connectivity index (χ1v) is 9.09. The Hall–Kier alpha value is -1.11. The van der Waals surface area contributed by atoms with Crippen LogP contribution in [0, 0.1) is 0 Å². The normalized spacial score (nSPS) is 19.1. The van der Waals surface area contributed by atoms with Crippen LogP contribution in [-0.2, 0) is 6.54 Å². The van der Waals surface area contributed by atoms with E-state index < -0.39 is 0 Å². The topological polar surface area (TPSA) is 42.9 Å². The van der Waals surface area contributed by atoms with Gasteiger partial charge in [-0.15, -0.1) is 0 Å². The van der Waals surface area contributed by atoms with Gasteiger partial charge in [-0.25, -0.2) is 0 Å². The lowest BCUT2D eigenvalue weighted by molar-refractivity contribution is 0.107.